The van der Waals surface area contributed by atoms with Crippen LogP contribution in [0.4, 0.5) is 5.69 Å². The summed E-state index contributed by atoms with van der Waals surface area (Å²) in [7, 11) is 0. The van der Waals surface area contributed by atoms with Crippen molar-refractivity contribution in [2.24, 2.45) is 5.73 Å². The van der Waals surface area contributed by atoms with Gasteiger partial charge >= 0.3 is 5.97 Å². The number of H-pyrrole nitrogens is 1. The number of rotatable bonds is 4. The maximum absolute atomic E-state index is 11.0. The number of anilines is 1. The Morgan fingerprint density at radius 1 is 1.45 bits per heavy atom. The van der Waals surface area contributed by atoms with Gasteiger partial charge in [-0.15, -0.1) is 0 Å². The van der Waals surface area contributed by atoms with Gasteiger partial charge < -0.3 is 25.5 Å². The number of nitrogens with zero attached hydrogens (tertiary/aromatic N) is 1. The van der Waals surface area contributed by atoms with E-state index in [9.17, 15) is 4.79 Å². The molecule has 6 nitrogen and oxygen atoms in total. The number of aryl methyl sites for hydroxylation is 1. The molecule has 1 unspecified atom stereocenters. The molecule has 118 valence electrons. The van der Waals surface area contributed by atoms with Crippen LogP contribution >= 0.6 is 0 Å². The number of nitrogens with one attached hydrogen (secondary N) is 1. The van der Waals surface area contributed by atoms with Gasteiger partial charge in [-0.05, 0) is 30.7 Å². The summed E-state index contributed by atoms with van der Waals surface area (Å²) in [6.07, 6.45) is 0.327. The van der Waals surface area contributed by atoms with Crippen molar-refractivity contribution in [1.82, 2.24) is 4.98 Å². The largest absolute Gasteiger partial charge is 0.480 e. The molecule has 1 aliphatic heterocycles. The number of aromatic nitrogens is 1. The summed E-state index contributed by atoms with van der Waals surface area (Å²) in [5.74, 6) is -0.974. The molecule has 4 N–H and O–H groups in total. The highest BCUT2D eigenvalue weighted by atomic mass is 16.5. The van der Waals surface area contributed by atoms with Gasteiger partial charge in [0.2, 0.25) is 0 Å². The monoisotopic (exact) mass is 303 g/mol. The van der Waals surface area contributed by atoms with E-state index in [-0.39, 0.29) is 0 Å². The third-order valence-electron chi connectivity index (χ3n) is 4.22. The van der Waals surface area contributed by atoms with E-state index in [1.54, 1.807) is 0 Å². The zero-order valence-electron chi connectivity index (χ0n) is 12.6. The second kappa shape index (κ2) is 5.98. The van der Waals surface area contributed by atoms with E-state index in [1.807, 2.05) is 13.0 Å². The topological polar surface area (TPSA) is 91.6 Å². The quantitative estimate of drug-likeness (QED) is 0.791. The Balaban J connectivity index is 1.96. The SMILES string of the molecule is Cc1[nH]c2ccc(N3CCOCC3)cc2c1CC(N)C(=O)O. The lowest BCUT2D eigenvalue weighted by molar-refractivity contribution is -0.138. The molecule has 1 aromatic heterocycles. The molecule has 0 bridgehead atoms. The van der Waals surface area contributed by atoms with Crippen molar-refractivity contribution in [3.63, 3.8) is 0 Å². The number of hydrogen-bond donors (Lipinski definition) is 3. The number of hydrogen-bond acceptors (Lipinski definition) is 4. The van der Waals surface area contributed by atoms with Crippen molar-refractivity contribution in [3.8, 4) is 0 Å². The highest BCUT2D eigenvalue weighted by Crippen LogP contribution is 2.28. The summed E-state index contributed by atoms with van der Waals surface area (Å²) < 4.78 is 5.39. The number of ether oxygens (including phenoxy) is 1. The van der Waals surface area contributed by atoms with Crippen LogP contribution in [0.1, 0.15) is 11.3 Å². The summed E-state index contributed by atoms with van der Waals surface area (Å²) in [6.45, 7) is 5.18. The van der Waals surface area contributed by atoms with Crippen LogP contribution in [0.25, 0.3) is 10.9 Å². The van der Waals surface area contributed by atoms with Gasteiger partial charge in [0.15, 0.2) is 0 Å². The zero-order valence-corrected chi connectivity index (χ0v) is 12.6. The van der Waals surface area contributed by atoms with E-state index in [0.717, 1.165) is 54.2 Å². The molecule has 0 spiro atoms. The molecule has 0 saturated carbocycles. The van der Waals surface area contributed by atoms with Gasteiger partial charge in [0.25, 0.3) is 0 Å². The molecule has 0 aliphatic carbocycles. The van der Waals surface area contributed by atoms with Gasteiger partial charge in [-0.25, -0.2) is 0 Å². The first kappa shape index (κ1) is 14.9. The predicted molar refractivity (Wildman–Crippen MR) is 85.4 cm³/mol. The number of morpholine rings is 1. The highest BCUT2D eigenvalue weighted by Gasteiger charge is 2.18. The molecular weight excluding hydrogens is 282 g/mol. The second-order valence-corrected chi connectivity index (χ2v) is 5.71. The number of aromatic amines is 1. The fourth-order valence-corrected chi connectivity index (χ4v) is 2.96. The van der Waals surface area contributed by atoms with Crippen molar-refractivity contribution >= 4 is 22.6 Å². The lowest BCUT2D eigenvalue weighted by Gasteiger charge is -2.29. The smallest absolute Gasteiger partial charge is 0.320 e. The molecule has 0 amide bonds. The van der Waals surface area contributed by atoms with Gasteiger partial charge in [-0.2, -0.15) is 0 Å². The number of fused-ring (bicyclic) bond motifs is 1. The molecule has 0 radical (unpaired) electrons. The normalized spacial score (nSPS) is 16.9. The molecule has 1 atom stereocenters. The highest BCUT2D eigenvalue weighted by molar-refractivity contribution is 5.88. The van der Waals surface area contributed by atoms with E-state index in [2.05, 4.69) is 22.0 Å². The van der Waals surface area contributed by atoms with Crippen molar-refractivity contribution in [1.29, 1.82) is 0 Å². The molecule has 1 aromatic carbocycles. The number of benzene rings is 1. The molecule has 6 heteroatoms. The zero-order chi connectivity index (χ0) is 15.7. The first-order chi connectivity index (χ1) is 10.6. The summed E-state index contributed by atoms with van der Waals surface area (Å²) in [5.41, 5.74) is 9.83. The number of carboxylic acids is 1. The fraction of sp³-hybridized carbons (Fsp3) is 0.438. The number of nitrogens with two attached hydrogens (primary N) is 1. The fourth-order valence-electron chi connectivity index (χ4n) is 2.96. The third kappa shape index (κ3) is 2.80. The summed E-state index contributed by atoms with van der Waals surface area (Å²) >= 11 is 0. The molecule has 3 rings (SSSR count). The number of aliphatic carboxylic acids is 1. The molecule has 2 aromatic rings. The van der Waals surface area contributed by atoms with E-state index < -0.39 is 12.0 Å². The minimum Gasteiger partial charge on any atom is -0.480 e. The lowest BCUT2D eigenvalue weighted by Crippen LogP contribution is -2.36. The first-order valence-electron chi connectivity index (χ1n) is 7.48. The molecule has 1 saturated heterocycles. The van der Waals surface area contributed by atoms with Crippen molar-refractivity contribution < 1.29 is 14.6 Å². The number of carboxylic acid groups (broad SMARTS) is 1. The molecule has 2 heterocycles. The number of carbonyl (C=O) groups is 1. The Morgan fingerprint density at radius 3 is 2.86 bits per heavy atom. The Bertz CT molecular complexity index is 689. The van der Waals surface area contributed by atoms with Crippen LogP contribution < -0.4 is 10.6 Å². The Hall–Kier alpha value is -2.05. The van der Waals surface area contributed by atoms with E-state index in [0.29, 0.717) is 6.42 Å². The van der Waals surface area contributed by atoms with Crippen LogP contribution in [-0.4, -0.2) is 48.4 Å². The van der Waals surface area contributed by atoms with Crippen LogP contribution in [0.2, 0.25) is 0 Å². The Labute approximate surface area is 128 Å². The average Bonchev–Trinajstić information content (AvgIpc) is 2.83. The Kier molecular flexibility index (Phi) is 4.04. The first-order valence-corrected chi connectivity index (χ1v) is 7.48. The van der Waals surface area contributed by atoms with Crippen molar-refractivity contribution in [2.45, 2.75) is 19.4 Å². The molecular formula is C16H21N3O3. The van der Waals surface area contributed by atoms with Crippen molar-refractivity contribution in [2.75, 3.05) is 31.2 Å². The third-order valence-corrected chi connectivity index (χ3v) is 4.22. The molecule has 1 fully saturated rings. The maximum atomic E-state index is 11.0. The van der Waals surface area contributed by atoms with Gasteiger partial charge in [0, 0.05) is 41.8 Å². The van der Waals surface area contributed by atoms with Gasteiger partial charge in [0.05, 0.1) is 13.2 Å². The van der Waals surface area contributed by atoms with Crippen LogP contribution in [0.5, 0.6) is 0 Å². The Morgan fingerprint density at radius 2 is 2.18 bits per heavy atom. The van der Waals surface area contributed by atoms with Crippen molar-refractivity contribution in [3.05, 3.63) is 29.5 Å². The predicted octanol–water partition coefficient (Wildman–Crippen LogP) is 1.27. The lowest BCUT2D eigenvalue weighted by atomic mass is 10.0. The minimum atomic E-state index is -0.974. The maximum Gasteiger partial charge on any atom is 0.320 e. The van der Waals surface area contributed by atoms with Gasteiger partial charge in [-0.3, -0.25) is 4.79 Å². The van der Waals surface area contributed by atoms with Crippen LogP contribution in [0.15, 0.2) is 18.2 Å². The summed E-state index contributed by atoms with van der Waals surface area (Å²) in [5, 5.41) is 10.1. The standard InChI is InChI=1S/C16H21N3O3/c1-10-12(9-14(17)16(20)21)13-8-11(2-3-15(13)18-10)19-4-6-22-7-5-19/h2-3,8,14,18H,4-7,9,17H2,1H3,(H,20,21). The van der Waals surface area contributed by atoms with E-state index >= 15 is 0 Å². The van der Waals surface area contributed by atoms with Crippen LogP contribution in [-0.2, 0) is 16.0 Å². The van der Waals surface area contributed by atoms with Gasteiger partial charge in [0.1, 0.15) is 6.04 Å². The van der Waals surface area contributed by atoms with E-state index in [1.165, 1.54) is 0 Å². The van der Waals surface area contributed by atoms with E-state index in [4.69, 9.17) is 15.6 Å². The molecule has 1 aliphatic rings. The summed E-state index contributed by atoms with van der Waals surface area (Å²) in [6, 6.07) is 5.37. The van der Waals surface area contributed by atoms with Crippen LogP contribution in [0, 0.1) is 6.92 Å². The van der Waals surface area contributed by atoms with Crippen LogP contribution in [0.3, 0.4) is 0 Å². The average molecular weight is 303 g/mol. The van der Waals surface area contributed by atoms with Gasteiger partial charge in [-0.1, -0.05) is 0 Å². The summed E-state index contributed by atoms with van der Waals surface area (Å²) in [4.78, 5) is 16.6. The molecule has 22 heavy (non-hydrogen) atoms. The minimum absolute atomic E-state index is 0.327. The second-order valence-electron chi connectivity index (χ2n) is 5.71.